The fraction of sp³-hybridized carbons (Fsp3) is 0.381. The van der Waals surface area contributed by atoms with Crippen LogP contribution >= 0.6 is 0 Å². The van der Waals surface area contributed by atoms with E-state index in [1.165, 1.54) is 33.9 Å². The van der Waals surface area contributed by atoms with Crippen LogP contribution in [0.25, 0.3) is 5.69 Å². The van der Waals surface area contributed by atoms with E-state index in [-0.39, 0.29) is 36.1 Å². The van der Waals surface area contributed by atoms with E-state index in [4.69, 9.17) is 4.74 Å². The maximum Gasteiger partial charge on any atom is 0.416 e. The molecule has 1 fully saturated rings. The third-order valence-electron chi connectivity index (χ3n) is 4.99. The molecule has 0 N–H and O–H groups in total. The van der Waals surface area contributed by atoms with E-state index in [1.54, 1.807) is 6.92 Å². The van der Waals surface area contributed by atoms with Gasteiger partial charge in [0.25, 0.3) is 5.91 Å². The molecule has 2 aromatic rings. The van der Waals surface area contributed by atoms with Crippen LogP contribution in [-0.2, 0) is 15.7 Å². The van der Waals surface area contributed by atoms with Crippen LogP contribution in [-0.4, -0.2) is 41.0 Å². The second-order valence-corrected chi connectivity index (χ2v) is 6.95. The first kappa shape index (κ1) is 21.4. The number of amides is 1. The highest BCUT2D eigenvalue weighted by Gasteiger charge is 2.33. The first-order valence-electron chi connectivity index (χ1n) is 9.51. The van der Waals surface area contributed by atoms with Gasteiger partial charge in [-0.3, -0.25) is 9.59 Å². The molecule has 1 saturated heterocycles. The molecule has 2 heterocycles. The summed E-state index contributed by atoms with van der Waals surface area (Å²) in [5.74, 6) is -1.36. The molecule has 3 rings (SSSR count). The number of halogens is 3. The molecular formula is C21H20F3N3O3. The summed E-state index contributed by atoms with van der Waals surface area (Å²) >= 11 is 0. The fourth-order valence-corrected chi connectivity index (χ4v) is 3.55. The van der Waals surface area contributed by atoms with E-state index in [2.05, 4.69) is 0 Å². The number of nitriles is 1. The topological polar surface area (TPSA) is 75.3 Å². The molecule has 0 aliphatic carbocycles. The minimum absolute atomic E-state index is 0.0265. The molecular weight excluding hydrogens is 399 g/mol. The lowest BCUT2D eigenvalue weighted by atomic mass is 9.97. The lowest BCUT2D eigenvalue weighted by Crippen LogP contribution is -2.43. The predicted octanol–water partition coefficient (Wildman–Crippen LogP) is 3.78. The molecule has 158 valence electrons. The van der Waals surface area contributed by atoms with Crippen molar-refractivity contribution in [2.75, 3.05) is 19.7 Å². The predicted molar refractivity (Wildman–Crippen MR) is 101 cm³/mol. The van der Waals surface area contributed by atoms with Crippen LogP contribution in [0, 0.1) is 17.2 Å². The second-order valence-electron chi connectivity index (χ2n) is 6.95. The molecule has 6 nitrogen and oxygen atoms in total. The Bertz CT molecular complexity index is 991. The zero-order valence-electron chi connectivity index (χ0n) is 16.3. The highest BCUT2D eigenvalue weighted by atomic mass is 19.4. The Morgan fingerprint density at radius 3 is 2.73 bits per heavy atom. The Kier molecular flexibility index (Phi) is 6.15. The number of esters is 1. The molecule has 1 aromatic heterocycles. The number of hydrogen-bond acceptors (Lipinski definition) is 4. The van der Waals surface area contributed by atoms with Crippen LogP contribution in [0.15, 0.2) is 36.5 Å². The van der Waals surface area contributed by atoms with Gasteiger partial charge in [-0.15, -0.1) is 0 Å². The molecule has 0 radical (unpaired) electrons. The summed E-state index contributed by atoms with van der Waals surface area (Å²) in [6, 6.07) is 7.86. The van der Waals surface area contributed by atoms with E-state index in [1.807, 2.05) is 6.07 Å². The van der Waals surface area contributed by atoms with Gasteiger partial charge in [-0.2, -0.15) is 18.4 Å². The van der Waals surface area contributed by atoms with Gasteiger partial charge in [0, 0.05) is 25.0 Å². The maximum atomic E-state index is 13.2. The number of aromatic nitrogens is 1. The van der Waals surface area contributed by atoms with E-state index in [0.29, 0.717) is 19.4 Å². The van der Waals surface area contributed by atoms with Crippen molar-refractivity contribution in [3.05, 3.63) is 53.3 Å². The maximum absolute atomic E-state index is 13.2. The van der Waals surface area contributed by atoms with Crippen LogP contribution in [0.3, 0.4) is 0 Å². The van der Waals surface area contributed by atoms with Crippen LogP contribution in [0.4, 0.5) is 13.2 Å². The van der Waals surface area contributed by atoms with E-state index in [0.717, 1.165) is 12.1 Å². The Labute approximate surface area is 171 Å². The highest BCUT2D eigenvalue weighted by molar-refractivity contribution is 5.96. The lowest BCUT2D eigenvalue weighted by Gasteiger charge is -2.31. The Morgan fingerprint density at radius 1 is 1.30 bits per heavy atom. The minimum atomic E-state index is -4.54. The highest BCUT2D eigenvalue weighted by Crippen LogP contribution is 2.31. The van der Waals surface area contributed by atoms with Crippen molar-refractivity contribution in [1.29, 1.82) is 5.26 Å². The average Bonchev–Trinajstić information content (AvgIpc) is 3.17. The molecule has 30 heavy (non-hydrogen) atoms. The number of rotatable bonds is 4. The molecule has 1 amide bonds. The summed E-state index contributed by atoms with van der Waals surface area (Å²) in [5, 5.41) is 9.43. The Morgan fingerprint density at radius 2 is 2.07 bits per heavy atom. The second kappa shape index (κ2) is 8.61. The van der Waals surface area contributed by atoms with E-state index < -0.39 is 23.6 Å². The normalized spacial score (nSPS) is 16.8. The van der Waals surface area contributed by atoms with Crippen molar-refractivity contribution in [3.63, 3.8) is 0 Å². The van der Waals surface area contributed by atoms with Crippen molar-refractivity contribution in [3.8, 4) is 11.8 Å². The van der Waals surface area contributed by atoms with Gasteiger partial charge in [-0.25, -0.2) is 0 Å². The molecule has 9 heteroatoms. The number of piperidine rings is 1. The Balaban J connectivity index is 1.95. The lowest BCUT2D eigenvalue weighted by molar-refractivity contribution is -0.149. The van der Waals surface area contributed by atoms with Crippen LogP contribution in [0.1, 0.15) is 41.4 Å². The van der Waals surface area contributed by atoms with Gasteiger partial charge in [0.15, 0.2) is 0 Å². The molecule has 1 atom stereocenters. The van der Waals surface area contributed by atoms with Gasteiger partial charge >= 0.3 is 12.1 Å². The van der Waals surface area contributed by atoms with Crippen molar-refractivity contribution in [2.45, 2.75) is 25.9 Å². The van der Waals surface area contributed by atoms with Gasteiger partial charge in [-0.05, 0) is 44.0 Å². The van der Waals surface area contributed by atoms with Crippen LogP contribution in [0.2, 0.25) is 0 Å². The number of likely N-dealkylation sites (tertiary alicyclic amines) is 1. The van der Waals surface area contributed by atoms with Crippen LogP contribution < -0.4 is 0 Å². The summed E-state index contributed by atoms with van der Waals surface area (Å²) in [7, 11) is 0. The van der Waals surface area contributed by atoms with Gasteiger partial charge in [0.05, 0.1) is 23.7 Å². The van der Waals surface area contributed by atoms with Gasteiger partial charge in [-0.1, -0.05) is 6.07 Å². The molecule has 1 aromatic carbocycles. The number of ether oxygens (including phenoxy) is 1. The molecule has 1 aliphatic heterocycles. The summed E-state index contributed by atoms with van der Waals surface area (Å²) in [4.78, 5) is 26.7. The third kappa shape index (κ3) is 4.32. The number of carbonyl (C=O) groups excluding carboxylic acids is 2. The SMILES string of the molecule is CCOC(=O)[C@H]1CCCN(C(=O)c2c(C#N)ccn2-c2cccc(C(F)(F)F)c2)C1. The van der Waals surface area contributed by atoms with Crippen molar-refractivity contribution in [2.24, 2.45) is 5.92 Å². The largest absolute Gasteiger partial charge is 0.466 e. The zero-order valence-corrected chi connectivity index (χ0v) is 16.3. The van der Waals surface area contributed by atoms with Gasteiger partial charge in [0.1, 0.15) is 11.8 Å². The number of nitrogens with zero attached hydrogens (tertiary/aromatic N) is 3. The third-order valence-corrected chi connectivity index (χ3v) is 4.99. The van der Waals surface area contributed by atoms with Crippen molar-refractivity contribution >= 4 is 11.9 Å². The number of hydrogen-bond donors (Lipinski definition) is 0. The summed E-state index contributed by atoms with van der Waals surface area (Å²) in [6.45, 7) is 2.45. The molecule has 0 spiro atoms. The monoisotopic (exact) mass is 419 g/mol. The average molecular weight is 419 g/mol. The van der Waals surface area contributed by atoms with E-state index in [9.17, 15) is 28.0 Å². The molecule has 0 saturated carbocycles. The number of benzene rings is 1. The first-order valence-corrected chi connectivity index (χ1v) is 9.51. The van der Waals surface area contributed by atoms with Crippen molar-refractivity contribution < 1.29 is 27.5 Å². The van der Waals surface area contributed by atoms with Gasteiger partial charge < -0.3 is 14.2 Å². The first-order chi connectivity index (χ1) is 14.3. The number of carbonyl (C=O) groups is 2. The summed E-state index contributed by atoms with van der Waals surface area (Å²) < 4.78 is 45.6. The number of alkyl halides is 3. The standard InChI is InChI=1S/C21H20F3N3O3/c1-2-30-20(29)15-5-4-9-26(13-15)19(28)18-14(12-25)8-10-27(18)17-7-3-6-16(11-17)21(22,23)24/h3,6-8,10-11,15H,2,4-5,9,13H2,1H3/t15-/m0/s1. The minimum Gasteiger partial charge on any atom is -0.466 e. The zero-order chi connectivity index (χ0) is 21.9. The summed E-state index contributed by atoms with van der Waals surface area (Å²) in [6.07, 6.45) is -1.97. The smallest absolute Gasteiger partial charge is 0.416 e. The quantitative estimate of drug-likeness (QED) is 0.707. The molecule has 0 bridgehead atoms. The Hall–Kier alpha value is -3.28. The van der Waals surface area contributed by atoms with Crippen LogP contribution in [0.5, 0.6) is 0 Å². The fourth-order valence-electron chi connectivity index (χ4n) is 3.55. The molecule has 1 aliphatic rings. The summed E-state index contributed by atoms with van der Waals surface area (Å²) in [5.41, 5.74) is -0.711. The van der Waals surface area contributed by atoms with Crippen molar-refractivity contribution in [1.82, 2.24) is 9.47 Å². The molecule has 0 unspecified atom stereocenters. The van der Waals surface area contributed by atoms with Gasteiger partial charge in [0.2, 0.25) is 0 Å². The van der Waals surface area contributed by atoms with E-state index >= 15 is 0 Å².